The van der Waals surface area contributed by atoms with Crippen molar-refractivity contribution in [1.29, 1.82) is 0 Å². The molecule has 2 rings (SSSR count). The first-order chi connectivity index (χ1) is 9.74. The summed E-state index contributed by atoms with van der Waals surface area (Å²) in [5, 5.41) is 2.98. The van der Waals surface area contributed by atoms with Gasteiger partial charge in [-0.25, -0.2) is 0 Å². The SMILES string of the molecule is CNC(c1cc(C)c(Br)s1)c1ccc(Br)cc1C(F)(F)F. The summed E-state index contributed by atoms with van der Waals surface area (Å²) in [6, 6.07) is 5.67. The highest BCUT2D eigenvalue weighted by molar-refractivity contribution is 9.11. The average molecular weight is 443 g/mol. The van der Waals surface area contributed by atoms with Gasteiger partial charge in [0, 0.05) is 9.35 Å². The lowest BCUT2D eigenvalue weighted by Gasteiger charge is -2.20. The van der Waals surface area contributed by atoms with Gasteiger partial charge in [-0.1, -0.05) is 22.0 Å². The Balaban J connectivity index is 2.57. The van der Waals surface area contributed by atoms with Crippen molar-refractivity contribution in [3.8, 4) is 0 Å². The summed E-state index contributed by atoms with van der Waals surface area (Å²) in [5.74, 6) is 0. The van der Waals surface area contributed by atoms with Crippen LogP contribution < -0.4 is 5.32 Å². The summed E-state index contributed by atoms with van der Waals surface area (Å²) in [6.07, 6.45) is -4.39. The molecule has 0 amide bonds. The van der Waals surface area contributed by atoms with E-state index in [0.29, 0.717) is 4.47 Å². The maximum atomic E-state index is 13.3. The van der Waals surface area contributed by atoms with E-state index in [9.17, 15) is 13.2 Å². The van der Waals surface area contributed by atoms with Crippen molar-refractivity contribution in [2.45, 2.75) is 19.1 Å². The van der Waals surface area contributed by atoms with Gasteiger partial charge in [0.05, 0.1) is 15.4 Å². The highest BCUT2D eigenvalue weighted by Gasteiger charge is 2.36. The highest BCUT2D eigenvalue weighted by atomic mass is 79.9. The molecule has 114 valence electrons. The van der Waals surface area contributed by atoms with Crippen LogP contribution in [0.1, 0.15) is 27.6 Å². The van der Waals surface area contributed by atoms with Gasteiger partial charge in [-0.3, -0.25) is 0 Å². The molecule has 21 heavy (non-hydrogen) atoms. The molecular formula is C14H12Br2F3NS. The number of hydrogen-bond donors (Lipinski definition) is 1. The predicted molar refractivity (Wildman–Crippen MR) is 86.8 cm³/mol. The fraction of sp³-hybridized carbons (Fsp3) is 0.286. The van der Waals surface area contributed by atoms with Crippen LogP contribution in [-0.2, 0) is 6.18 Å². The molecule has 0 saturated heterocycles. The Morgan fingerprint density at radius 1 is 1.19 bits per heavy atom. The fourth-order valence-electron chi connectivity index (χ4n) is 2.10. The van der Waals surface area contributed by atoms with E-state index in [1.165, 1.54) is 17.4 Å². The lowest BCUT2D eigenvalue weighted by atomic mass is 9.98. The van der Waals surface area contributed by atoms with E-state index in [2.05, 4.69) is 37.2 Å². The second-order valence-corrected chi connectivity index (χ2v) is 7.87. The first kappa shape index (κ1) is 17.0. The molecule has 7 heteroatoms. The third kappa shape index (κ3) is 3.70. The number of alkyl halides is 3. The van der Waals surface area contributed by atoms with E-state index in [1.807, 2.05) is 13.0 Å². The second-order valence-electron chi connectivity index (χ2n) is 4.56. The molecule has 1 aromatic heterocycles. The van der Waals surface area contributed by atoms with E-state index in [1.54, 1.807) is 13.1 Å². The Morgan fingerprint density at radius 2 is 1.86 bits per heavy atom. The van der Waals surface area contributed by atoms with Gasteiger partial charge in [-0.2, -0.15) is 13.2 Å². The van der Waals surface area contributed by atoms with Crippen LogP contribution in [0, 0.1) is 6.92 Å². The number of aryl methyl sites for hydroxylation is 1. The van der Waals surface area contributed by atoms with Crippen LogP contribution in [0.15, 0.2) is 32.5 Å². The molecule has 0 aliphatic heterocycles. The summed E-state index contributed by atoms with van der Waals surface area (Å²) in [5.41, 5.74) is 0.612. The Bertz CT molecular complexity index is 633. The van der Waals surface area contributed by atoms with Crippen LogP contribution in [0.5, 0.6) is 0 Å². The van der Waals surface area contributed by atoms with Gasteiger partial charge >= 0.3 is 6.18 Å². The van der Waals surface area contributed by atoms with Gasteiger partial charge in [-0.05, 0) is 59.2 Å². The normalized spacial score (nSPS) is 13.5. The number of hydrogen-bond acceptors (Lipinski definition) is 2. The number of benzene rings is 1. The Morgan fingerprint density at radius 3 is 2.33 bits per heavy atom. The minimum absolute atomic E-state index is 0.224. The van der Waals surface area contributed by atoms with E-state index in [4.69, 9.17) is 0 Å². The van der Waals surface area contributed by atoms with Gasteiger partial charge in [0.15, 0.2) is 0 Å². The van der Waals surface area contributed by atoms with E-state index >= 15 is 0 Å². The maximum absolute atomic E-state index is 13.3. The minimum Gasteiger partial charge on any atom is -0.309 e. The smallest absolute Gasteiger partial charge is 0.309 e. The van der Waals surface area contributed by atoms with Crippen molar-refractivity contribution in [2.24, 2.45) is 0 Å². The second kappa shape index (κ2) is 6.40. The Kier molecular flexibility index (Phi) is 5.18. The zero-order chi connectivity index (χ0) is 15.8. The average Bonchev–Trinajstić information content (AvgIpc) is 2.71. The number of halogens is 5. The van der Waals surface area contributed by atoms with Gasteiger partial charge in [0.1, 0.15) is 0 Å². The van der Waals surface area contributed by atoms with Crippen molar-refractivity contribution in [2.75, 3.05) is 7.05 Å². The molecule has 1 N–H and O–H groups in total. The third-order valence-corrected chi connectivity index (χ3v) is 5.78. The molecule has 1 atom stereocenters. The van der Waals surface area contributed by atoms with Crippen molar-refractivity contribution in [3.63, 3.8) is 0 Å². The first-order valence-corrected chi connectivity index (χ1v) is 8.44. The molecule has 2 aromatic rings. The number of rotatable bonds is 3. The molecule has 0 bridgehead atoms. The zero-order valence-electron chi connectivity index (χ0n) is 11.2. The topological polar surface area (TPSA) is 12.0 Å². The Hall–Kier alpha value is -0.370. The van der Waals surface area contributed by atoms with Crippen molar-refractivity contribution in [3.05, 3.63) is 54.1 Å². The van der Waals surface area contributed by atoms with Gasteiger partial charge in [0.25, 0.3) is 0 Å². The summed E-state index contributed by atoms with van der Waals surface area (Å²) in [4.78, 5) is 0.842. The van der Waals surface area contributed by atoms with E-state index in [0.717, 1.165) is 20.3 Å². The molecule has 0 aliphatic carbocycles. The highest BCUT2D eigenvalue weighted by Crippen LogP contribution is 2.40. The van der Waals surface area contributed by atoms with Crippen LogP contribution in [-0.4, -0.2) is 7.05 Å². The van der Waals surface area contributed by atoms with Gasteiger partial charge in [-0.15, -0.1) is 11.3 Å². The molecule has 1 unspecified atom stereocenters. The van der Waals surface area contributed by atoms with Crippen molar-refractivity contribution < 1.29 is 13.2 Å². The predicted octanol–water partition coefficient (Wildman–Crippen LogP) is 5.91. The summed E-state index contributed by atoms with van der Waals surface area (Å²) < 4.78 is 41.2. The van der Waals surface area contributed by atoms with Crippen molar-refractivity contribution >= 4 is 43.2 Å². The van der Waals surface area contributed by atoms with Crippen LogP contribution in [0.2, 0.25) is 0 Å². The molecule has 1 aromatic carbocycles. The minimum atomic E-state index is -4.39. The first-order valence-electron chi connectivity index (χ1n) is 6.03. The quantitative estimate of drug-likeness (QED) is 0.623. The maximum Gasteiger partial charge on any atom is 0.416 e. The number of thiophene rings is 1. The van der Waals surface area contributed by atoms with Gasteiger partial charge in [0.2, 0.25) is 0 Å². The molecule has 0 fully saturated rings. The molecule has 0 aliphatic rings. The zero-order valence-corrected chi connectivity index (χ0v) is 15.2. The Labute approximate surface area is 141 Å². The molecular weight excluding hydrogens is 431 g/mol. The van der Waals surface area contributed by atoms with E-state index < -0.39 is 17.8 Å². The van der Waals surface area contributed by atoms with Crippen LogP contribution in [0.25, 0.3) is 0 Å². The number of nitrogens with one attached hydrogen (secondary N) is 1. The van der Waals surface area contributed by atoms with Crippen LogP contribution in [0.3, 0.4) is 0 Å². The molecule has 0 saturated carbocycles. The fourth-order valence-corrected chi connectivity index (χ4v) is 4.16. The largest absolute Gasteiger partial charge is 0.416 e. The lowest BCUT2D eigenvalue weighted by molar-refractivity contribution is -0.138. The summed E-state index contributed by atoms with van der Waals surface area (Å²) >= 11 is 7.96. The van der Waals surface area contributed by atoms with Crippen LogP contribution >= 0.6 is 43.2 Å². The molecule has 0 spiro atoms. The third-order valence-electron chi connectivity index (χ3n) is 3.08. The summed E-state index contributed by atoms with van der Waals surface area (Å²) in [7, 11) is 1.66. The summed E-state index contributed by atoms with van der Waals surface area (Å²) in [6.45, 7) is 1.92. The van der Waals surface area contributed by atoms with E-state index in [-0.39, 0.29) is 5.56 Å². The lowest BCUT2D eigenvalue weighted by Crippen LogP contribution is -2.21. The molecule has 1 nitrogen and oxygen atoms in total. The van der Waals surface area contributed by atoms with Gasteiger partial charge < -0.3 is 5.32 Å². The monoisotopic (exact) mass is 441 g/mol. The van der Waals surface area contributed by atoms with Crippen LogP contribution in [0.4, 0.5) is 13.2 Å². The standard InChI is InChI=1S/C14H12Br2F3NS/c1-7-5-11(21-13(7)16)12(20-2)9-4-3-8(15)6-10(9)14(17,18)19/h3-6,12,20H,1-2H3. The molecule has 0 radical (unpaired) electrons. The van der Waals surface area contributed by atoms with Crippen molar-refractivity contribution in [1.82, 2.24) is 5.32 Å². The molecule has 1 heterocycles.